The van der Waals surface area contributed by atoms with E-state index in [9.17, 15) is 0 Å². The van der Waals surface area contributed by atoms with Gasteiger partial charge < -0.3 is 14.8 Å². The second kappa shape index (κ2) is 4.36. The van der Waals surface area contributed by atoms with Gasteiger partial charge in [0.2, 0.25) is 0 Å². The summed E-state index contributed by atoms with van der Waals surface area (Å²) in [6.45, 7) is 2.80. The smallest absolute Gasteiger partial charge is 0.143 e. The molecule has 1 aromatic heterocycles. The third-order valence-electron chi connectivity index (χ3n) is 2.44. The summed E-state index contributed by atoms with van der Waals surface area (Å²) in [5.74, 6) is 0.874. The van der Waals surface area contributed by atoms with E-state index in [4.69, 9.17) is 9.84 Å². The highest BCUT2D eigenvalue weighted by Crippen LogP contribution is 2.27. The van der Waals surface area contributed by atoms with E-state index >= 15 is 0 Å². The molecule has 0 spiro atoms. The van der Waals surface area contributed by atoms with Crippen molar-refractivity contribution in [3.8, 4) is 5.75 Å². The van der Waals surface area contributed by atoms with Gasteiger partial charge in [-0.25, -0.2) is 0 Å². The Morgan fingerprint density at radius 1 is 1.40 bits per heavy atom. The predicted molar refractivity (Wildman–Crippen MR) is 60.3 cm³/mol. The minimum Gasteiger partial charge on any atom is -0.492 e. The summed E-state index contributed by atoms with van der Waals surface area (Å²) in [4.78, 5) is 3.19. The summed E-state index contributed by atoms with van der Waals surface area (Å²) in [5, 5.41) is 10.1. The van der Waals surface area contributed by atoms with Gasteiger partial charge in [0.05, 0.1) is 12.1 Å². The first-order chi connectivity index (χ1) is 7.36. The van der Waals surface area contributed by atoms with Crippen LogP contribution in [-0.4, -0.2) is 23.3 Å². The van der Waals surface area contributed by atoms with Gasteiger partial charge in [0.25, 0.3) is 0 Å². The van der Waals surface area contributed by atoms with Crippen LogP contribution in [0.1, 0.15) is 12.5 Å². The molecular weight excluding hydrogens is 190 g/mol. The van der Waals surface area contributed by atoms with E-state index in [-0.39, 0.29) is 6.61 Å². The van der Waals surface area contributed by atoms with Gasteiger partial charge in [-0.1, -0.05) is 12.1 Å². The number of benzene rings is 1. The maximum atomic E-state index is 8.93. The number of hydrogen-bond donors (Lipinski definition) is 2. The number of aliphatic hydroxyl groups is 1. The zero-order valence-electron chi connectivity index (χ0n) is 8.79. The van der Waals surface area contributed by atoms with E-state index in [1.807, 2.05) is 31.3 Å². The molecule has 0 unspecified atom stereocenters. The van der Waals surface area contributed by atoms with Crippen molar-refractivity contribution in [1.29, 1.82) is 0 Å². The fraction of sp³-hybridized carbons (Fsp3) is 0.333. The van der Waals surface area contributed by atoms with Crippen LogP contribution in [0.5, 0.6) is 5.75 Å². The summed E-state index contributed by atoms with van der Waals surface area (Å²) in [5.41, 5.74) is 2.15. The molecule has 0 saturated carbocycles. The van der Waals surface area contributed by atoms with Crippen LogP contribution in [0.25, 0.3) is 10.9 Å². The average molecular weight is 205 g/mol. The first-order valence-corrected chi connectivity index (χ1v) is 5.19. The zero-order chi connectivity index (χ0) is 10.7. The Balaban J connectivity index is 2.48. The van der Waals surface area contributed by atoms with Crippen molar-refractivity contribution in [3.05, 3.63) is 30.0 Å². The minimum atomic E-state index is 0.172. The number of aliphatic hydroxyl groups excluding tert-OH is 1. The number of nitrogens with one attached hydrogen (secondary N) is 1. The van der Waals surface area contributed by atoms with Crippen LogP contribution in [-0.2, 0) is 6.42 Å². The van der Waals surface area contributed by atoms with E-state index in [2.05, 4.69) is 4.98 Å². The van der Waals surface area contributed by atoms with Gasteiger partial charge in [0, 0.05) is 18.2 Å². The molecule has 0 aliphatic carbocycles. The van der Waals surface area contributed by atoms with Crippen molar-refractivity contribution in [3.63, 3.8) is 0 Å². The lowest BCUT2D eigenvalue weighted by atomic mass is 10.1. The van der Waals surface area contributed by atoms with Gasteiger partial charge in [0.1, 0.15) is 5.75 Å². The third-order valence-corrected chi connectivity index (χ3v) is 2.44. The van der Waals surface area contributed by atoms with Crippen molar-refractivity contribution in [1.82, 2.24) is 4.98 Å². The van der Waals surface area contributed by atoms with Gasteiger partial charge in [-0.15, -0.1) is 0 Å². The summed E-state index contributed by atoms with van der Waals surface area (Å²) in [6.07, 6.45) is 2.61. The standard InChI is InChI=1S/C12H15NO2/c1-2-15-11-5-3-4-10-9(6-7-14)8-13-12(10)11/h3-5,8,13-14H,2,6-7H2,1H3. The molecule has 0 aliphatic rings. The molecule has 1 aromatic carbocycles. The first-order valence-electron chi connectivity index (χ1n) is 5.19. The van der Waals surface area contributed by atoms with E-state index in [1.165, 1.54) is 0 Å². The van der Waals surface area contributed by atoms with E-state index < -0.39 is 0 Å². The fourth-order valence-corrected chi connectivity index (χ4v) is 1.79. The molecule has 3 heteroatoms. The topological polar surface area (TPSA) is 45.2 Å². The first kappa shape index (κ1) is 10.1. The normalized spacial score (nSPS) is 10.8. The maximum absolute atomic E-state index is 8.93. The molecule has 0 saturated heterocycles. The number of ether oxygens (including phenoxy) is 1. The number of H-pyrrole nitrogens is 1. The zero-order valence-corrected chi connectivity index (χ0v) is 8.79. The van der Waals surface area contributed by atoms with E-state index in [0.717, 1.165) is 22.2 Å². The quantitative estimate of drug-likeness (QED) is 0.802. The van der Waals surface area contributed by atoms with Crippen molar-refractivity contribution < 1.29 is 9.84 Å². The van der Waals surface area contributed by atoms with Crippen LogP contribution in [0.2, 0.25) is 0 Å². The largest absolute Gasteiger partial charge is 0.492 e. The van der Waals surface area contributed by atoms with Crippen LogP contribution in [0.4, 0.5) is 0 Å². The minimum absolute atomic E-state index is 0.172. The van der Waals surface area contributed by atoms with Crippen LogP contribution in [0.15, 0.2) is 24.4 Å². The second-order valence-corrected chi connectivity index (χ2v) is 3.40. The summed E-state index contributed by atoms with van der Waals surface area (Å²) < 4.78 is 5.52. The Morgan fingerprint density at radius 2 is 2.27 bits per heavy atom. The Morgan fingerprint density at radius 3 is 3.00 bits per heavy atom. The highest BCUT2D eigenvalue weighted by Gasteiger charge is 2.06. The molecular formula is C12H15NO2. The molecule has 2 aromatic rings. The highest BCUT2D eigenvalue weighted by molar-refractivity contribution is 5.88. The fourth-order valence-electron chi connectivity index (χ4n) is 1.79. The molecule has 0 atom stereocenters. The van der Waals surface area contributed by atoms with Crippen molar-refractivity contribution in [2.24, 2.45) is 0 Å². The predicted octanol–water partition coefficient (Wildman–Crippen LogP) is 2.10. The van der Waals surface area contributed by atoms with Gasteiger partial charge in [-0.2, -0.15) is 0 Å². The van der Waals surface area contributed by atoms with Gasteiger partial charge in [0.15, 0.2) is 0 Å². The van der Waals surface area contributed by atoms with Gasteiger partial charge >= 0.3 is 0 Å². The number of aromatic amines is 1. The number of aromatic nitrogens is 1. The molecule has 80 valence electrons. The SMILES string of the molecule is CCOc1cccc2c(CCO)c[nH]c12. The van der Waals surface area contributed by atoms with Crippen LogP contribution < -0.4 is 4.74 Å². The second-order valence-electron chi connectivity index (χ2n) is 3.40. The van der Waals surface area contributed by atoms with Crippen LogP contribution in [0, 0.1) is 0 Å². The molecule has 0 fully saturated rings. The summed E-state index contributed by atoms with van der Waals surface area (Å²) in [7, 11) is 0. The monoisotopic (exact) mass is 205 g/mol. The molecule has 0 bridgehead atoms. The lowest BCUT2D eigenvalue weighted by Crippen LogP contribution is -1.92. The Labute approximate surface area is 88.7 Å². The molecule has 2 rings (SSSR count). The highest BCUT2D eigenvalue weighted by atomic mass is 16.5. The third kappa shape index (κ3) is 1.83. The van der Waals surface area contributed by atoms with E-state index in [0.29, 0.717) is 13.0 Å². The molecule has 0 radical (unpaired) electrons. The van der Waals surface area contributed by atoms with Crippen LogP contribution >= 0.6 is 0 Å². The number of rotatable bonds is 4. The molecule has 3 nitrogen and oxygen atoms in total. The summed E-state index contributed by atoms with van der Waals surface area (Å²) in [6, 6.07) is 5.96. The molecule has 0 amide bonds. The molecule has 2 N–H and O–H groups in total. The van der Waals surface area contributed by atoms with Gasteiger partial charge in [-0.05, 0) is 25.0 Å². The van der Waals surface area contributed by atoms with Crippen molar-refractivity contribution in [2.45, 2.75) is 13.3 Å². The van der Waals surface area contributed by atoms with E-state index in [1.54, 1.807) is 0 Å². The lowest BCUT2D eigenvalue weighted by Gasteiger charge is -2.04. The summed E-state index contributed by atoms with van der Waals surface area (Å²) >= 11 is 0. The Kier molecular flexibility index (Phi) is 2.92. The molecule has 0 aliphatic heterocycles. The van der Waals surface area contributed by atoms with Gasteiger partial charge in [-0.3, -0.25) is 0 Å². The number of para-hydroxylation sites is 1. The molecule has 1 heterocycles. The molecule has 15 heavy (non-hydrogen) atoms. The Hall–Kier alpha value is -1.48. The van der Waals surface area contributed by atoms with Crippen LogP contribution in [0.3, 0.4) is 0 Å². The maximum Gasteiger partial charge on any atom is 0.143 e. The number of fused-ring (bicyclic) bond motifs is 1. The van der Waals surface area contributed by atoms with Crippen molar-refractivity contribution >= 4 is 10.9 Å². The average Bonchev–Trinajstić information content (AvgIpc) is 2.64. The van der Waals surface area contributed by atoms with Crippen molar-refractivity contribution in [2.75, 3.05) is 13.2 Å². The Bertz CT molecular complexity index is 448. The number of hydrogen-bond acceptors (Lipinski definition) is 2. The lowest BCUT2D eigenvalue weighted by molar-refractivity contribution is 0.300.